The highest BCUT2D eigenvalue weighted by Gasteiger charge is 2.33. The van der Waals surface area contributed by atoms with E-state index in [0.717, 1.165) is 55.9 Å². The minimum Gasteiger partial charge on any atom is -0.355 e. The van der Waals surface area contributed by atoms with Crippen LogP contribution in [0.25, 0.3) is 5.65 Å². The van der Waals surface area contributed by atoms with Gasteiger partial charge in [0.15, 0.2) is 5.65 Å². The Bertz CT molecular complexity index is 1160. The summed E-state index contributed by atoms with van der Waals surface area (Å²) < 4.78 is 30.3. The van der Waals surface area contributed by atoms with E-state index in [1.54, 1.807) is 9.42 Å². The molecule has 168 valence electrons. The first-order chi connectivity index (χ1) is 15.4. The van der Waals surface area contributed by atoms with Gasteiger partial charge in [0.2, 0.25) is 0 Å². The van der Waals surface area contributed by atoms with Crippen LogP contribution in [0.15, 0.2) is 30.5 Å². The largest absolute Gasteiger partial charge is 0.355 e. The Morgan fingerprint density at radius 1 is 1.16 bits per heavy atom. The van der Waals surface area contributed by atoms with E-state index in [1.807, 2.05) is 19.2 Å². The lowest BCUT2D eigenvalue weighted by molar-refractivity contribution is 0.0595. The number of halogens is 2. The number of nitrogens with zero attached hydrogens (tertiary/aromatic N) is 5. The number of hydrogen-bond donors (Lipinski definition) is 1. The van der Waals surface area contributed by atoms with Crippen LogP contribution in [-0.2, 0) is 0 Å². The zero-order valence-corrected chi connectivity index (χ0v) is 18.0. The minimum atomic E-state index is -0.847. The van der Waals surface area contributed by atoms with Gasteiger partial charge < -0.3 is 15.5 Å². The first-order valence-corrected chi connectivity index (χ1v) is 11.0. The molecule has 2 aromatic heterocycles. The Hall–Kier alpha value is -3.07. The standard InChI is InChI=1S/C23H26F2N6O/c1-14-12-31-20(27-22(14)29-10-8-15(26)13-29)11-18(28-31)19-7-2-3-9-30(19)23(32)21-16(24)5-4-6-17(21)25/h4-6,11-12,15,19H,2-3,7-10,13,26H2,1H3. The quantitative estimate of drug-likeness (QED) is 0.677. The van der Waals surface area contributed by atoms with E-state index in [4.69, 9.17) is 10.7 Å². The van der Waals surface area contributed by atoms with Gasteiger partial charge >= 0.3 is 0 Å². The number of piperidine rings is 1. The molecule has 9 heteroatoms. The number of amides is 1. The van der Waals surface area contributed by atoms with Crippen molar-refractivity contribution in [3.05, 3.63) is 58.9 Å². The second-order valence-corrected chi connectivity index (χ2v) is 8.72. The smallest absolute Gasteiger partial charge is 0.260 e. The normalized spacial score (nSPS) is 21.5. The number of aryl methyl sites for hydroxylation is 1. The maximum absolute atomic E-state index is 14.3. The van der Waals surface area contributed by atoms with E-state index in [-0.39, 0.29) is 12.1 Å². The molecule has 4 heterocycles. The summed E-state index contributed by atoms with van der Waals surface area (Å²) in [6.07, 6.45) is 5.23. The number of aromatic nitrogens is 3. The zero-order valence-electron chi connectivity index (χ0n) is 18.0. The molecule has 2 fully saturated rings. The molecule has 0 aliphatic carbocycles. The van der Waals surface area contributed by atoms with Gasteiger partial charge in [0.25, 0.3) is 5.91 Å². The van der Waals surface area contributed by atoms with Gasteiger partial charge in [-0.1, -0.05) is 6.07 Å². The molecule has 0 spiro atoms. The number of likely N-dealkylation sites (tertiary alicyclic amines) is 1. The molecule has 0 radical (unpaired) electrons. The Balaban J connectivity index is 1.49. The van der Waals surface area contributed by atoms with E-state index in [1.165, 1.54) is 6.07 Å². The molecule has 1 amide bonds. The molecule has 1 aromatic carbocycles. The van der Waals surface area contributed by atoms with Gasteiger partial charge in [-0.15, -0.1) is 0 Å². The highest BCUT2D eigenvalue weighted by atomic mass is 19.1. The molecule has 3 aromatic rings. The van der Waals surface area contributed by atoms with Gasteiger partial charge in [-0.2, -0.15) is 5.10 Å². The minimum absolute atomic E-state index is 0.147. The summed E-state index contributed by atoms with van der Waals surface area (Å²) >= 11 is 0. The summed E-state index contributed by atoms with van der Waals surface area (Å²) in [6, 6.07) is 5.13. The van der Waals surface area contributed by atoms with Crippen molar-refractivity contribution in [2.75, 3.05) is 24.5 Å². The third-order valence-corrected chi connectivity index (χ3v) is 6.43. The van der Waals surface area contributed by atoms with E-state index >= 15 is 0 Å². The van der Waals surface area contributed by atoms with Crippen molar-refractivity contribution in [3.63, 3.8) is 0 Å². The Kier molecular flexibility index (Phi) is 5.28. The number of benzene rings is 1. The Labute approximate surface area is 184 Å². The first kappa shape index (κ1) is 20.8. The summed E-state index contributed by atoms with van der Waals surface area (Å²) in [5, 5.41) is 4.68. The van der Waals surface area contributed by atoms with E-state index < -0.39 is 23.1 Å². The Morgan fingerprint density at radius 3 is 2.66 bits per heavy atom. The molecule has 32 heavy (non-hydrogen) atoms. The first-order valence-electron chi connectivity index (χ1n) is 11.0. The number of hydrogen-bond acceptors (Lipinski definition) is 5. The fourth-order valence-electron chi connectivity index (χ4n) is 4.81. The van der Waals surface area contributed by atoms with Crippen LogP contribution < -0.4 is 10.6 Å². The van der Waals surface area contributed by atoms with Gasteiger partial charge in [0.05, 0.1) is 11.7 Å². The van der Waals surface area contributed by atoms with Crippen molar-refractivity contribution in [2.24, 2.45) is 5.73 Å². The lowest BCUT2D eigenvalue weighted by Gasteiger charge is -2.34. The maximum atomic E-state index is 14.3. The van der Waals surface area contributed by atoms with Crippen molar-refractivity contribution in [1.82, 2.24) is 19.5 Å². The Morgan fingerprint density at radius 2 is 1.94 bits per heavy atom. The van der Waals surface area contributed by atoms with Crippen molar-refractivity contribution in [1.29, 1.82) is 0 Å². The van der Waals surface area contributed by atoms with Crippen molar-refractivity contribution in [3.8, 4) is 0 Å². The van der Waals surface area contributed by atoms with Crippen LogP contribution in [-0.4, -0.2) is 51.1 Å². The number of fused-ring (bicyclic) bond motifs is 1. The van der Waals surface area contributed by atoms with Crippen LogP contribution in [0.3, 0.4) is 0 Å². The summed E-state index contributed by atoms with van der Waals surface area (Å²) in [7, 11) is 0. The molecule has 7 nitrogen and oxygen atoms in total. The van der Waals surface area contributed by atoms with Crippen molar-refractivity contribution < 1.29 is 13.6 Å². The fraction of sp³-hybridized carbons (Fsp3) is 0.435. The van der Waals surface area contributed by atoms with Crippen LogP contribution in [0.1, 0.15) is 53.3 Å². The molecule has 2 aliphatic heterocycles. The van der Waals surface area contributed by atoms with Crippen molar-refractivity contribution in [2.45, 2.75) is 44.7 Å². The SMILES string of the molecule is Cc1cn2nc(C3CCCCN3C(=O)c3c(F)cccc3F)cc2nc1N1CCC(N)C1. The zero-order chi connectivity index (χ0) is 22.4. The van der Waals surface area contributed by atoms with Gasteiger partial charge in [-0.05, 0) is 44.7 Å². The number of rotatable bonds is 3. The topological polar surface area (TPSA) is 79.8 Å². The summed E-state index contributed by atoms with van der Waals surface area (Å²) in [4.78, 5) is 21.7. The van der Waals surface area contributed by atoms with Gasteiger partial charge in [-0.25, -0.2) is 18.3 Å². The molecular weight excluding hydrogens is 414 g/mol. The molecule has 0 bridgehead atoms. The van der Waals surface area contributed by atoms with Crippen LogP contribution >= 0.6 is 0 Å². The second kappa shape index (κ2) is 8.12. The second-order valence-electron chi connectivity index (χ2n) is 8.72. The summed E-state index contributed by atoms with van der Waals surface area (Å²) in [6.45, 7) is 4.05. The number of nitrogens with two attached hydrogens (primary N) is 1. The van der Waals surface area contributed by atoms with E-state index in [2.05, 4.69) is 10.00 Å². The van der Waals surface area contributed by atoms with Crippen LogP contribution in [0.2, 0.25) is 0 Å². The lowest BCUT2D eigenvalue weighted by Crippen LogP contribution is -2.39. The number of anilines is 1. The number of carbonyl (C=O) groups is 1. The fourth-order valence-corrected chi connectivity index (χ4v) is 4.81. The van der Waals surface area contributed by atoms with E-state index in [9.17, 15) is 13.6 Å². The molecule has 2 unspecified atom stereocenters. The predicted molar refractivity (Wildman–Crippen MR) is 117 cm³/mol. The van der Waals surface area contributed by atoms with Crippen LogP contribution in [0.4, 0.5) is 14.6 Å². The molecule has 2 N–H and O–H groups in total. The highest BCUT2D eigenvalue weighted by Crippen LogP contribution is 2.33. The average Bonchev–Trinajstić information content (AvgIpc) is 3.38. The maximum Gasteiger partial charge on any atom is 0.260 e. The molecular formula is C23H26F2N6O. The third-order valence-electron chi connectivity index (χ3n) is 6.43. The molecule has 2 saturated heterocycles. The van der Waals surface area contributed by atoms with Crippen LogP contribution in [0, 0.1) is 18.6 Å². The molecule has 5 rings (SSSR count). The highest BCUT2D eigenvalue weighted by molar-refractivity contribution is 5.95. The predicted octanol–water partition coefficient (Wildman–Crippen LogP) is 3.22. The summed E-state index contributed by atoms with van der Waals surface area (Å²) in [5.41, 5.74) is 7.90. The van der Waals surface area contributed by atoms with Crippen LogP contribution in [0.5, 0.6) is 0 Å². The number of carbonyl (C=O) groups excluding carboxylic acids is 1. The monoisotopic (exact) mass is 440 g/mol. The average molecular weight is 440 g/mol. The molecule has 2 atom stereocenters. The van der Waals surface area contributed by atoms with Crippen molar-refractivity contribution >= 4 is 17.4 Å². The van der Waals surface area contributed by atoms with Gasteiger partial charge in [-0.3, -0.25) is 4.79 Å². The van der Waals surface area contributed by atoms with Gasteiger partial charge in [0, 0.05) is 43.5 Å². The third kappa shape index (κ3) is 3.60. The van der Waals surface area contributed by atoms with Gasteiger partial charge in [0.1, 0.15) is 23.0 Å². The lowest BCUT2D eigenvalue weighted by atomic mass is 9.98. The van der Waals surface area contributed by atoms with E-state index in [0.29, 0.717) is 24.3 Å². The summed E-state index contributed by atoms with van der Waals surface area (Å²) in [5.74, 6) is -1.44. The molecule has 0 saturated carbocycles. The molecule has 2 aliphatic rings.